The van der Waals surface area contributed by atoms with Gasteiger partial charge in [0, 0.05) is 4.47 Å². The molecule has 5 heteroatoms. The van der Waals surface area contributed by atoms with E-state index in [9.17, 15) is 4.79 Å². The van der Waals surface area contributed by atoms with Crippen LogP contribution in [-0.2, 0) is 4.74 Å². The molecule has 1 rings (SSSR count). The molecule has 0 saturated heterocycles. The highest BCUT2D eigenvalue weighted by Gasteiger charge is 2.17. The molecule has 3 nitrogen and oxygen atoms in total. The van der Waals surface area contributed by atoms with E-state index < -0.39 is 11.7 Å². The number of carbonyl (C=O) groups excluding carboxylic acids is 1. The summed E-state index contributed by atoms with van der Waals surface area (Å²) in [5, 5.41) is 3.09. The zero-order chi connectivity index (χ0) is 13.2. The first-order valence-corrected chi connectivity index (χ1v) is 6.32. The molecule has 1 aromatic carbocycles. The molecular weight excluding hydrogens is 305 g/mol. The molecule has 0 unspecified atom stereocenters. The van der Waals surface area contributed by atoms with E-state index in [0.717, 1.165) is 10.0 Å². The SMILES string of the molecule is Cc1cc(NC(=O)OC(C)(C)C)c(Cl)cc1Br. The van der Waals surface area contributed by atoms with Gasteiger partial charge < -0.3 is 4.74 Å². The summed E-state index contributed by atoms with van der Waals surface area (Å²) in [6.07, 6.45) is -0.513. The minimum atomic E-state index is -0.527. The Morgan fingerprint density at radius 2 is 2.00 bits per heavy atom. The molecule has 0 radical (unpaired) electrons. The van der Waals surface area contributed by atoms with Gasteiger partial charge in [0.25, 0.3) is 0 Å². The van der Waals surface area contributed by atoms with E-state index in [0.29, 0.717) is 10.7 Å². The first-order valence-electron chi connectivity index (χ1n) is 5.15. The molecule has 0 spiro atoms. The second-order valence-corrected chi connectivity index (χ2v) is 5.97. The molecule has 0 heterocycles. The van der Waals surface area contributed by atoms with Crippen LogP contribution in [0.25, 0.3) is 0 Å². The van der Waals surface area contributed by atoms with Crippen molar-refractivity contribution in [3.63, 3.8) is 0 Å². The Morgan fingerprint density at radius 3 is 2.53 bits per heavy atom. The van der Waals surface area contributed by atoms with Gasteiger partial charge in [0.2, 0.25) is 0 Å². The largest absolute Gasteiger partial charge is 0.444 e. The highest BCUT2D eigenvalue weighted by atomic mass is 79.9. The Bertz CT molecular complexity index is 441. The van der Waals surface area contributed by atoms with E-state index in [1.807, 2.05) is 6.92 Å². The molecule has 17 heavy (non-hydrogen) atoms. The lowest BCUT2D eigenvalue weighted by atomic mass is 10.2. The number of benzene rings is 1. The third-order valence-corrected chi connectivity index (χ3v) is 3.05. The first kappa shape index (κ1) is 14.3. The van der Waals surface area contributed by atoms with Crippen LogP contribution in [0.4, 0.5) is 10.5 Å². The minimum absolute atomic E-state index is 0.466. The van der Waals surface area contributed by atoms with Gasteiger partial charge in [-0.05, 0) is 45.4 Å². The van der Waals surface area contributed by atoms with Crippen molar-refractivity contribution in [1.82, 2.24) is 0 Å². The molecule has 1 amide bonds. The maximum Gasteiger partial charge on any atom is 0.412 e. The molecule has 0 aliphatic rings. The molecule has 0 aliphatic carbocycles. The van der Waals surface area contributed by atoms with Crippen LogP contribution in [0, 0.1) is 6.92 Å². The second kappa shape index (κ2) is 5.27. The number of aryl methyl sites for hydroxylation is 1. The Hall–Kier alpha value is -0.740. The normalized spacial score (nSPS) is 11.2. The number of hydrogen-bond donors (Lipinski definition) is 1. The molecule has 0 atom stereocenters. The molecule has 1 N–H and O–H groups in total. The number of amides is 1. The summed E-state index contributed by atoms with van der Waals surface area (Å²) in [4.78, 5) is 11.6. The van der Waals surface area contributed by atoms with E-state index in [4.69, 9.17) is 16.3 Å². The fourth-order valence-corrected chi connectivity index (χ4v) is 1.85. The maximum atomic E-state index is 11.6. The molecule has 0 saturated carbocycles. The van der Waals surface area contributed by atoms with Gasteiger partial charge in [-0.1, -0.05) is 27.5 Å². The second-order valence-electron chi connectivity index (χ2n) is 4.71. The van der Waals surface area contributed by atoms with Crippen LogP contribution < -0.4 is 5.32 Å². The standard InChI is InChI=1S/C12H15BrClNO2/c1-7-5-10(9(14)6-8(7)13)15-11(16)17-12(2,3)4/h5-6H,1-4H3,(H,15,16). The summed E-state index contributed by atoms with van der Waals surface area (Å²) in [5.74, 6) is 0. The molecule has 0 aliphatic heterocycles. The third-order valence-electron chi connectivity index (χ3n) is 1.88. The number of carbonyl (C=O) groups is 1. The maximum absolute atomic E-state index is 11.6. The van der Waals surface area contributed by atoms with Gasteiger partial charge >= 0.3 is 6.09 Å². The first-order chi connectivity index (χ1) is 7.69. The molecule has 1 aromatic rings. The molecule has 94 valence electrons. The summed E-state index contributed by atoms with van der Waals surface area (Å²) in [7, 11) is 0. The fourth-order valence-electron chi connectivity index (χ4n) is 1.17. The predicted octanol–water partition coefficient (Wildman–Crippen LogP) is 4.76. The zero-order valence-electron chi connectivity index (χ0n) is 10.2. The number of anilines is 1. The van der Waals surface area contributed by atoms with Crippen molar-refractivity contribution in [1.29, 1.82) is 0 Å². The van der Waals surface area contributed by atoms with E-state index in [-0.39, 0.29) is 0 Å². The Balaban J connectivity index is 2.82. The lowest BCUT2D eigenvalue weighted by Crippen LogP contribution is -2.27. The van der Waals surface area contributed by atoms with Crippen LogP contribution >= 0.6 is 27.5 Å². The quantitative estimate of drug-likeness (QED) is 0.810. The molecule has 0 aromatic heterocycles. The van der Waals surface area contributed by atoms with E-state index in [1.165, 1.54) is 0 Å². The highest BCUT2D eigenvalue weighted by Crippen LogP contribution is 2.29. The molecular formula is C12H15BrClNO2. The van der Waals surface area contributed by atoms with Crippen molar-refractivity contribution >= 4 is 39.3 Å². The van der Waals surface area contributed by atoms with Gasteiger partial charge in [0.05, 0.1) is 10.7 Å². The van der Waals surface area contributed by atoms with Crippen molar-refractivity contribution in [2.45, 2.75) is 33.3 Å². The topological polar surface area (TPSA) is 38.3 Å². The average Bonchev–Trinajstić information content (AvgIpc) is 2.11. The fraction of sp³-hybridized carbons (Fsp3) is 0.417. The number of nitrogens with one attached hydrogen (secondary N) is 1. The number of halogens is 2. The highest BCUT2D eigenvalue weighted by molar-refractivity contribution is 9.10. The van der Waals surface area contributed by atoms with Crippen LogP contribution in [-0.4, -0.2) is 11.7 Å². The van der Waals surface area contributed by atoms with Gasteiger partial charge in [-0.3, -0.25) is 5.32 Å². The van der Waals surface area contributed by atoms with Gasteiger partial charge in [-0.25, -0.2) is 4.79 Å². The number of ether oxygens (including phenoxy) is 1. The van der Waals surface area contributed by atoms with E-state index in [1.54, 1.807) is 32.9 Å². The van der Waals surface area contributed by atoms with Crippen LogP contribution in [0.1, 0.15) is 26.3 Å². The van der Waals surface area contributed by atoms with Crippen molar-refractivity contribution in [3.05, 3.63) is 27.2 Å². The third kappa shape index (κ3) is 4.56. The smallest absolute Gasteiger partial charge is 0.412 e. The van der Waals surface area contributed by atoms with Gasteiger partial charge in [-0.2, -0.15) is 0 Å². The van der Waals surface area contributed by atoms with Crippen LogP contribution in [0.15, 0.2) is 16.6 Å². The van der Waals surface area contributed by atoms with Crippen molar-refractivity contribution in [2.75, 3.05) is 5.32 Å². The van der Waals surface area contributed by atoms with Crippen LogP contribution in [0.2, 0.25) is 5.02 Å². The monoisotopic (exact) mass is 319 g/mol. The Morgan fingerprint density at radius 1 is 1.41 bits per heavy atom. The summed E-state index contributed by atoms with van der Waals surface area (Å²) >= 11 is 9.38. The van der Waals surface area contributed by atoms with E-state index in [2.05, 4.69) is 21.2 Å². The number of hydrogen-bond acceptors (Lipinski definition) is 2. The van der Waals surface area contributed by atoms with Crippen LogP contribution in [0.3, 0.4) is 0 Å². The predicted molar refractivity (Wildman–Crippen MR) is 73.7 cm³/mol. The summed E-state index contributed by atoms with van der Waals surface area (Å²) in [6.45, 7) is 7.34. The lowest BCUT2D eigenvalue weighted by molar-refractivity contribution is 0.0636. The lowest BCUT2D eigenvalue weighted by Gasteiger charge is -2.20. The summed E-state index contributed by atoms with van der Waals surface area (Å²) in [5.41, 5.74) is 1.00. The van der Waals surface area contributed by atoms with Gasteiger partial charge in [0.15, 0.2) is 0 Å². The van der Waals surface area contributed by atoms with Crippen molar-refractivity contribution < 1.29 is 9.53 Å². The zero-order valence-corrected chi connectivity index (χ0v) is 12.6. The van der Waals surface area contributed by atoms with Crippen LogP contribution in [0.5, 0.6) is 0 Å². The number of rotatable bonds is 1. The summed E-state index contributed by atoms with van der Waals surface area (Å²) in [6, 6.07) is 3.53. The minimum Gasteiger partial charge on any atom is -0.444 e. The van der Waals surface area contributed by atoms with Crippen molar-refractivity contribution in [2.24, 2.45) is 0 Å². The Labute approximate surface area is 115 Å². The van der Waals surface area contributed by atoms with Crippen molar-refractivity contribution in [3.8, 4) is 0 Å². The Kier molecular flexibility index (Phi) is 4.44. The summed E-state index contributed by atoms with van der Waals surface area (Å²) < 4.78 is 6.05. The molecule has 0 fully saturated rings. The molecule has 0 bridgehead atoms. The van der Waals surface area contributed by atoms with Gasteiger partial charge in [0.1, 0.15) is 5.60 Å². The van der Waals surface area contributed by atoms with Gasteiger partial charge in [-0.15, -0.1) is 0 Å². The van der Waals surface area contributed by atoms with E-state index >= 15 is 0 Å². The average molecular weight is 321 g/mol.